The van der Waals surface area contributed by atoms with Crippen molar-refractivity contribution in [1.82, 2.24) is 14.2 Å². The molecule has 0 unspecified atom stereocenters. The maximum Gasteiger partial charge on any atom is 0.206 e. The van der Waals surface area contributed by atoms with Gasteiger partial charge in [0, 0.05) is 35.6 Å². The Kier molecular flexibility index (Phi) is 7.12. The minimum atomic E-state index is 0.548. The smallest absolute Gasteiger partial charge is 0.206 e. The summed E-state index contributed by atoms with van der Waals surface area (Å²) in [4.78, 5) is 9.56. The minimum Gasteiger partial charge on any atom is -0.493 e. The molecule has 8 nitrogen and oxygen atoms in total. The van der Waals surface area contributed by atoms with Crippen molar-refractivity contribution in [3.8, 4) is 34.2 Å². The van der Waals surface area contributed by atoms with Gasteiger partial charge in [0.1, 0.15) is 0 Å². The van der Waals surface area contributed by atoms with Gasteiger partial charge in [0.05, 0.1) is 39.1 Å². The van der Waals surface area contributed by atoms with Gasteiger partial charge >= 0.3 is 0 Å². The van der Waals surface area contributed by atoms with E-state index in [9.17, 15) is 0 Å². The molecule has 2 aromatic heterocycles. The van der Waals surface area contributed by atoms with Gasteiger partial charge in [-0.2, -0.15) is 5.10 Å². The average Bonchev–Trinajstić information content (AvgIpc) is 3.54. The molecule has 0 atom stereocenters. The Balaban J connectivity index is 1.79. The molecule has 4 rings (SSSR count). The summed E-state index contributed by atoms with van der Waals surface area (Å²) in [5.74, 6) is 1.71. The predicted molar refractivity (Wildman–Crippen MR) is 135 cm³/mol. The number of thiazole rings is 1. The first-order valence-electron chi connectivity index (χ1n) is 10.7. The molecular weight excluding hydrogens is 450 g/mol. The third-order valence-electron chi connectivity index (χ3n) is 5.28. The van der Waals surface area contributed by atoms with E-state index in [1.807, 2.05) is 58.9 Å². The number of benzene rings is 2. The molecule has 4 aromatic rings. The van der Waals surface area contributed by atoms with E-state index < -0.39 is 0 Å². The molecule has 0 N–H and O–H groups in total. The molecular formula is C25H27N5O3S. The second-order valence-electron chi connectivity index (χ2n) is 7.31. The van der Waals surface area contributed by atoms with Crippen LogP contribution in [0, 0.1) is 0 Å². The summed E-state index contributed by atoms with van der Waals surface area (Å²) in [6.45, 7) is 4.66. The van der Waals surface area contributed by atoms with Crippen LogP contribution in [0.4, 0.5) is 0 Å². The van der Waals surface area contributed by atoms with E-state index in [-0.39, 0.29) is 0 Å². The fourth-order valence-corrected chi connectivity index (χ4v) is 4.46. The standard InChI is InChI=1S/C25H27N5O3S/c1-6-27-25-30(28-17(2)18-7-9-20(10-8-18)29-12-11-26-16-29)21(15-34-25)19-13-22(31-3)24(33-5)23(14-19)32-4/h7-16H,6H2,1-5H3. The van der Waals surface area contributed by atoms with Crippen LogP contribution in [-0.2, 0) is 0 Å². The van der Waals surface area contributed by atoms with Crippen LogP contribution in [0.1, 0.15) is 19.4 Å². The summed E-state index contributed by atoms with van der Waals surface area (Å²) >= 11 is 1.54. The molecule has 0 spiro atoms. The number of rotatable bonds is 8. The van der Waals surface area contributed by atoms with Gasteiger partial charge in [0.25, 0.3) is 0 Å². The summed E-state index contributed by atoms with van der Waals surface area (Å²) in [6.07, 6.45) is 5.45. The van der Waals surface area contributed by atoms with Crippen molar-refractivity contribution in [1.29, 1.82) is 0 Å². The maximum atomic E-state index is 5.55. The minimum absolute atomic E-state index is 0.548. The van der Waals surface area contributed by atoms with Gasteiger partial charge in [0.15, 0.2) is 11.5 Å². The van der Waals surface area contributed by atoms with Crippen molar-refractivity contribution >= 4 is 17.0 Å². The van der Waals surface area contributed by atoms with E-state index in [2.05, 4.69) is 22.1 Å². The molecule has 0 fully saturated rings. The summed E-state index contributed by atoms with van der Waals surface area (Å²) in [7, 11) is 4.81. The van der Waals surface area contributed by atoms with Gasteiger partial charge < -0.3 is 18.8 Å². The van der Waals surface area contributed by atoms with Crippen molar-refractivity contribution in [2.45, 2.75) is 13.8 Å². The Morgan fingerprint density at radius 1 is 1.03 bits per heavy atom. The summed E-state index contributed by atoms with van der Waals surface area (Å²) in [5.41, 5.74) is 4.68. The van der Waals surface area contributed by atoms with Gasteiger partial charge in [0.2, 0.25) is 10.6 Å². The largest absolute Gasteiger partial charge is 0.493 e. The highest BCUT2D eigenvalue weighted by molar-refractivity contribution is 7.07. The third kappa shape index (κ3) is 4.60. The Bertz CT molecular complexity index is 1330. The molecule has 0 bridgehead atoms. The molecule has 9 heteroatoms. The first kappa shape index (κ1) is 23.3. The fourth-order valence-electron chi connectivity index (χ4n) is 3.56. The Morgan fingerprint density at radius 3 is 2.29 bits per heavy atom. The molecule has 0 aliphatic heterocycles. The van der Waals surface area contributed by atoms with E-state index in [4.69, 9.17) is 19.3 Å². The van der Waals surface area contributed by atoms with Crippen molar-refractivity contribution in [2.24, 2.45) is 10.1 Å². The van der Waals surface area contributed by atoms with Crippen LogP contribution in [0.5, 0.6) is 17.2 Å². The first-order chi connectivity index (χ1) is 16.6. The zero-order valence-electron chi connectivity index (χ0n) is 19.8. The molecule has 0 saturated carbocycles. The Labute approximate surface area is 202 Å². The summed E-state index contributed by atoms with van der Waals surface area (Å²) in [5, 5.41) is 6.98. The lowest BCUT2D eigenvalue weighted by Gasteiger charge is -2.14. The molecule has 0 radical (unpaired) electrons. The number of aromatic nitrogens is 3. The van der Waals surface area contributed by atoms with Crippen molar-refractivity contribution in [2.75, 3.05) is 27.9 Å². The number of nitrogens with zero attached hydrogens (tertiary/aromatic N) is 5. The van der Waals surface area contributed by atoms with Gasteiger partial charge in [-0.05, 0) is 43.7 Å². The Hall–Kier alpha value is -3.85. The highest BCUT2D eigenvalue weighted by atomic mass is 32.1. The number of hydrogen-bond donors (Lipinski definition) is 0. The molecule has 0 aliphatic rings. The molecule has 0 saturated heterocycles. The van der Waals surface area contributed by atoms with Crippen LogP contribution in [0.3, 0.4) is 0 Å². The van der Waals surface area contributed by atoms with Crippen molar-refractivity contribution in [3.63, 3.8) is 0 Å². The van der Waals surface area contributed by atoms with E-state index >= 15 is 0 Å². The molecule has 34 heavy (non-hydrogen) atoms. The molecule has 176 valence electrons. The maximum absolute atomic E-state index is 5.55. The number of methoxy groups -OCH3 is 3. The van der Waals surface area contributed by atoms with Gasteiger partial charge in [-0.3, -0.25) is 4.99 Å². The van der Waals surface area contributed by atoms with Gasteiger partial charge in [-0.25, -0.2) is 9.66 Å². The summed E-state index contributed by atoms with van der Waals surface area (Å²) in [6, 6.07) is 12.0. The molecule has 2 heterocycles. The van der Waals surface area contributed by atoms with Crippen LogP contribution >= 0.6 is 11.3 Å². The zero-order valence-corrected chi connectivity index (χ0v) is 20.7. The topological polar surface area (TPSA) is 75.2 Å². The highest BCUT2D eigenvalue weighted by Gasteiger charge is 2.17. The van der Waals surface area contributed by atoms with Gasteiger partial charge in [-0.15, -0.1) is 11.3 Å². The van der Waals surface area contributed by atoms with Crippen LogP contribution in [0.25, 0.3) is 16.9 Å². The number of imidazole rings is 1. The fraction of sp³-hybridized carbons (Fsp3) is 0.240. The number of ether oxygens (including phenoxy) is 3. The Morgan fingerprint density at radius 2 is 1.74 bits per heavy atom. The SMILES string of the molecule is CCN=c1scc(-c2cc(OC)c(OC)c(OC)c2)n1N=C(C)c1ccc(-n2ccnc2)cc1. The van der Waals surface area contributed by atoms with Crippen LogP contribution in [0.15, 0.2) is 70.6 Å². The van der Waals surface area contributed by atoms with Crippen LogP contribution < -0.4 is 19.0 Å². The van der Waals surface area contributed by atoms with E-state index in [1.165, 1.54) is 11.3 Å². The monoisotopic (exact) mass is 477 g/mol. The molecule has 0 aliphatic carbocycles. The average molecular weight is 478 g/mol. The first-order valence-corrected chi connectivity index (χ1v) is 11.6. The van der Waals surface area contributed by atoms with E-state index in [1.54, 1.807) is 33.9 Å². The predicted octanol–water partition coefficient (Wildman–Crippen LogP) is 4.62. The van der Waals surface area contributed by atoms with Crippen molar-refractivity contribution < 1.29 is 14.2 Å². The number of hydrogen-bond acceptors (Lipinski definition) is 7. The normalized spacial score (nSPS) is 12.1. The lowest BCUT2D eigenvalue weighted by Crippen LogP contribution is -2.14. The van der Waals surface area contributed by atoms with Gasteiger partial charge in [-0.1, -0.05) is 12.1 Å². The molecule has 0 amide bonds. The lowest BCUT2D eigenvalue weighted by molar-refractivity contribution is 0.324. The third-order valence-corrected chi connectivity index (χ3v) is 6.13. The van der Waals surface area contributed by atoms with E-state index in [0.29, 0.717) is 23.8 Å². The summed E-state index contributed by atoms with van der Waals surface area (Å²) < 4.78 is 20.4. The zero-order chi connectivity index (χ0) is 24.1. The van der Waals surface area contributed by atoms with E-state index in [0.717, 1.165) is 33.0 Å². The van der Waals surface area contributed by atoms with Crippen molar-refractivity contribution in [3.05, 3.63) is 70.9 Å². The van der Waals surface area contributed by atoms with Crippen LogP contribution in [0.2, 0.25) is 0 Å². The second kappa shape index (κ2) is 10.4. The lowest BCUT2D eigenvalue weighted by atomic mass is 10.1. The highest BCUT2D eigenvalue weighted by Crippen LogP contribution is 2.41. The van der Waals surface area contributed by atoms with Crippen LogP contribution in [-0.4, -0.2) is 47.8 Å². The second-order valence-corrected chi connectivity index (χ2v) is 8.14. The quantitative estimate of drug-likeness (QED) is 0.347. The molecule has 2 aromatic carbocycles.